The first-order chi connectivity index (χ1) is 29.8. The Kier molecular flexibility index (Phi) is 13.0. The molecule has 0 N–H and O–H groups in total. The summed E-state index contributed by atoms with van der Waals surface area (Å²) in [6.45, 7) is 4.46. The zero-order valence-electron chi connectivity index (χ0n) is 34.9. The summed E-state index contributed by atoms with van der Waals surface area (Å²) in [5, 5.41) is 6.38. The van der Waals surface area contributed by atoms with Gasteiger partial charge >= 0.3 is 28.3 Å². The number of anilines is 2. The number of alkyl halides is 3. The number of pyridine rings is 2. The molecule has 326 valence electrons. The molecule has 0 saturated carbocycles. The van der Waals surface area contributed by atoms with Gasteiger partial charge in [-0.05, 0) is 126 Å². The largest absolute Gasteiger partial charge is 1.00 e. The van der Waals surface area contributed by atoms with Crippen LogP contribution in [0.5, 0.6) is 0 Å². The maximum atomic E-state index is 12.5. The number of hydrogen-bond donors (Lipinski definition) is 0. The fourth-order valence-electron chi connectivity index (χ4n) is 7.76. The first-order valence-corrected chi connectivity index (χ1v) is 21.4. The van der Waals surface area contributed by atoms with Gasteiger partial charge in [-0.15, -0.1) is 0 Å². The van der Waals surface area contributed by atoms with E-state index in [0.29, 0.717) is 29.4 Å². The zero-order valence-corrected chi connectivity index (χ0v) is 34.7. The molecule has 11 nitrogen and oxygen atoms in total. The Morgan fingerprint density at radius 3 is 1.44 bits per heavy atom. The van der Waals surface area contributed by atoms with Crippen LogP contribution < -0.4 is 25.6 Å². The van der Waals surface area contributed by atoms with Crippen LogP contribution >= 0.6 is 0 Å². The Morgan fingerprint density at radius 1 is 0.619 bits per heavy atom. The molecule has 2 saturated heterocycles. The highest BCUT2D eigenvalue weighted by atomic mass is 32.2. The van der Waals surface area contributed by atoms with Crippen LogP contribution in [0.4, 0.5) is 24.5 Å². The van der Waals surface area contributed by atoms with Crippen LogP contribution in [0.25, 0.3) is 65.7 Å². The number of fused-ring (bicyclic) bond motifs is 4. The van der Waals surface area contributed by atoms with Crippen molar-refractivity contribution in [3.63, 3.8) is 0 Å². The van der Waals surface area contributed by atoms with Gasteiger partial charge in [-0.25, -0.2) is 14.2 Å². The van der Waals surface area contributed by atoms with Gasteiger partial charge in [0.2, 0.25) is 0 Å². The molecule has 2 aliphatic heterocycles. The molecule has 0 spiro atoms. The number of aromatic nitrogens is 2. The fourth-order valence-corrected chi connectivity index (χ4v) is 7.95. The summed E-state index contributed by atoms with van der Waals surface area (Å²) in [6.07, 6.45) is 12.2. The molecular weight excluding hydrogens is 834 g/mol. The Bertz CT molecular complexity index is 3150. The lowest BCUT2D eigenvalue weighted by Gasteiger charge is -2.18. The van der Waals surface area contributed by atoms with E-state index in [9.17, 15) is 31.2 Å². The first kappa shape index (κ1) is 44.5. The molecule has 8 aromatic rings. The summed E-state index contributed by atoms with van der Waals surface area (Å²) in [5.74, 6) is 0. The minimum absolute atomic E-state index is 0. The van der Waals surface area contributed by atoms with Gasteiger partial charge in [-0.1, -0.05) is 19.6 Å². The number of halogens is 3. The van der Waals surface area contributed by atoms with Crippen molar-refractivity contribution < 1.29 is 40.6 Å². The summed E-state index contributed by atoms with van der Waals surface area (Å²) >= 11 is 0. The number of aryl methyl sites for hydroxylation is 1. The molecule has 63 heavy (non-hydrogen) atoms. The number of hydrogen-bond acceptors (Lipinski definition) is 10. The molecule has 2 aliphatic rings. The van der Waals surface area contributed by atoms with Crippen molar-refractivity contribution in [2.75, 3.05) is 43.1 Å². The van der Waals surface area contributed by atoms with E-state index in [1.54, 1.807) is 12.4 Å². The third-order valence-electron chi connectivity index (χ3n) is 11.1. The summed E-state index contributed by atoms with van der Waals surface area (Å²) < 4.78 is 69.1. The molecule has 0 unspecified atom stereocenters. The van der Waals surface area contributed by atoms with Crippen LogP contribution in [0, 0.1) is 0 Å². The Labute approximate surface area is 363 Å². The van der Waals surface area contributed by atoms with Gasteiger partial charge in [0.1, 0.15) is 18.2 Å². The molecule has 15 heteroatoms. The van der Waals surface area contributed by atoms with Crippen molar-refractivity contribution in [2.45, 2.75) is 38.6 Å². The van der Waals surface area contributed by atoms with Crippen molar-refractivity contribution in [3.8, 4) is 22.3 Å². The van der Waals surface area contributed by atoms with E-state index >= 15 is 0 Å². The standard InChI is InChI=1S/C23H21N2O2.C22H18N2O2.C2H3F3O3S.CH4/c1-24-10-6-16(7-11-24)21-14-19-12-17-4-5-20(25-8-2-3-9-25)13-18(17)15-22(19)27-23(21)26;25-22-20(15-5-7-23-8-6-15)13-18-11-16-3-4-19(24-9-1-2-10-24)12-17(16)14-21(18)26-22;1-8-9(6,7)2(3,4)5;/h4-7,10-15H,2-3,8-9H2,1H3;3-8,11-14H,1-2,9-10H2;1H3;1H4/q+1;;;/p+1. The highest BCUT2D eigenvalue weighted by Gasteiger charge is 2.46. The maximum Gasteiger partial charge on any atom is 1.00 e. The SMILES string of the molecule is C.COS(=O)(=O)C(F)(F)F.C[n+]1ccc(-c2cc3cc4ccc(N5CCCC5)cc4cc3oc2=O)cc1.O=c1oc2cc3cc(N4CCCC4)ccc3cc2cc1-c1ccncc1.[H+]. The van der Waals surface area contributed by atoms with E-state index in [2.05, 4.69) is 67.5 Å². The van der Waals surface area contributed by atoms with Crippen molar-refractivity contribution >= 4 is 65.0 Å². The monoisotopic (exact) mass is 880 g/mol. The molecule has 4 aromatic carbocycles. The molecular formula is C48H47F3N4O7S+2. The van der Waals surface area contributed by atoms with E-state index in [1.807, 2.05) is 72.5 Å². The summed E-state index contributed by atoms with van der Waals surface area (Å²) in [4.78, 5) is 33.8. The van der Waals surface area contributed by atoms with Gasteiger partial charge in [0.15, 0.2) is 12.4 Å². The highest BCUT2D eigenvalue weighted by molar-refractivity contribution is 7.87. The fraction of sp³-hybridized carbons (Fsp3) is 0.250. The second-order valence-electron chi connectivity index (χ2n) is 15.2. The second-order valence-corrected chi connectivity index (χ2v) is 16.9. The average molecular weight is 881 g/mol. The molecule has 0 bridgehead atoms. The molecule has 0 atom stereocenters. The van der Waals surface area contributed by atoms with Crippen LogP contribution in [0.1, 0.15) is 34.5 Å². The molecule has 2 fully saturated rings. The van der Waals surface area contributed by atoms with E-state index in [1.165, 1.54) is 37.1 Å². The van der Waals surface area contributed by atoms with Crippen LogP contribution in [0.15, 0.2) is 140 Å². The highest BCUT2D eigenvalue weighted by Crippen LogP contribution is 2.32. The van der Waals surface area contributed by atoms with Crippen molar-refractivity contribution in [1.82, 2.24) is 4.98 Å². The lowest BCUT2D eigenvalue weighted by molar-refractivity contribution is -0.671. The smallest absolute Gasteiger partial charge is 0.422 e. The normalized spacial score (nSPS) is 14.0. The van der Waals surface area contributed by atoms with Gasteiger partial charge in [0, 0.05) is 78.4 Å². The van der Waals surface area contributed by atoms with E-state index in [0.717, 1.165) is 69.6 Å². The van der Waals surface area contributed by atoms with Gasteiger partial charge in [-0.3, -0.25) is 9.17 Å². The number of benzene rings is 4. The predicted molar refractivity (Wildman–Crippen MR) is 243 cm³/mol. The van der Waals surface area contributed by atoms with Crippen LogP contribution in [-0.4, -0.2) is 52.2 Å². The van der Waals surface area contributed by atoms with Gasteiger partial charge < -0.3 is 18.6 Å². The predicted octanol–water partition coefficient (Wildman–Crippen LogP) is 9.88. The van der Waals surface area contributed by atoms with Crippen LogP contribution in [0.3, 0.4) is 0 Å². The molecule has 0 aliphatic carbocycles. The third kappa shape index (κ3) is 9.74. The lowest BCUT2D eigenvalue weighted by atomic mass is 10.0. The Balaban J connectivity index is 0.000000175. The first-order valence-electron chi connectivity index (χ1n) is 20.0. The Morgan fingerprint density at radius 2 is 1.05 bits per heavy atom. The average Bonchev–Trinajstić information content (AvgIpc) is 4.02. The van der Waals surface area contributed by atoms with Crippen LogP contribution in [0.2, 0.25) is 0 Å². The lowest BCUT2D eigenvalue weighted by Crippen LogP contribution is -2.25. The molecule has 10 rings (SSSR count). The molecule has 0 radical (unpaired) electrons. The topological polar surface area (TPSA) is 127 Å². The summed E-state index contributed by atoms with van der Waals surface area (Å²) in [7, 11) is -2.93. The minimum atomic E-state index is -5.34. The zero-order chi connectivity index (χ0) is 43.6. The number of nitrogens with zero attached hydrogens (tertiary/aromatic N) is 4. The van der Waals surface area contributed by atoms with Crippen molar-refractivity contribution in [1.29, 1.82) is 0 Å². The van der Waals surface area contributed by atoms with Crippen molar-refractivity contribution in [2.24, 2.45) is 7.05 Å². The van der Waals surface area contributed by atoms with Gasteiger partial charge in [0.25, 0.3) is 0 Å². The molecule has 6 heterocycles. The third-order valence-corrected chi connectivity index (χ3v) is 12.1. The number of rotatable bonds is 5. The Hall–Kier alpha value is -6.58. The summed E-state index contributed by atoms with van der Waals surface area (Å²) in [5.41, 5.74) is 0.667. The summed E-state index contributed by atoms with van der Waals surface area (Å²) in [6, 6.07) is 32.6. The molecule has 0 amide bonds. The van der Waals surface area contributed by atoms with E-state index in [-0.39, 0.29) is 20.1 Å². The quantitative estimate of drug-likeness (QED) is 0.0542. The van der Waals surface area contributed by atoms with Gasteiger partial charge in [0.05, 0.1) is 18.2 Å². The molecule has 4 aromatic heterocycles. The van der Waals surface area contributed by atoms with E-state index < -0.39 is 15.6 Å². The van der Waals surface area contributed by atoms with Crippen LogP contribution in [-0.2, 0) is 21.3 Å². The minimum Gasteiger partial charge on any atom is -0.422 e. The van der Waals surface area contributed by atoms with Gasteiger partial charge in [-0.2, -0.15) is 21.6 Å². The van der Waals surface area contributed by atoms with E-state index in [4.69, 9.17) is 8.83 Å². The van der Waals surface area contributed by atoms with Crippen molar-refractivity contribution in [3.05, 3.63) is 143 Å². The second kappa shape index (κ2) is 18.4. The maximum absolute atomic E-state index is 12.5.